The Kier molecular flexibility index (Phi) is 6.26. The highest BCUT2D eigenvalue weighted by molar-refractivity contribution is 14.1. The molecule has 7 heteroatoms. The van der Waals surface area contributed by atoms with Crippen molar-refractivity contribution in [3.05, 3.63) is 15.1 Å². The van der Waals surface area contributed by atoms with Crippen molar-refractivity contribution >= 4 is 46.0 Å². The molecular weight excluding hydrogens is 417 g/mol. The van der Waals surface area contributed by atoms with Gasteiger partial charge in [-0.3, -0.25) is 4.79 Å². The van der Waals surface area contributed by atoms with Crippen LogP contribution in [0.15, 0.2) is 6.20 Å². The van der Waals surface area contributed by atoms with E-state index < -0.39 is 0 Å². The van der Waals surface area contributed by atoms with Crippen molar-refractivity contribution in [2.24, 2.45) is 5.41 Å². The highest BCUT2D eigenvalue weighted by Gasteiger charge is 2.38. The molecule has 122 valence electrons. The van der Waals surface area contributed by atoms with Gasteiger partial charge >= 0.3 is 5.97 Å². The van der Waals surface area contributed by atoms with Crippen molar-refractivity contribution in [3.63, 3.8) is 0 Å². The summed E-state index contributed by atoms with van der Waals surface area (Å²) < 4.78 is 6.02. The van der Waals surface area contributed by atoms with Crippen LogP contribution in [-0.4, -0.2) is 28.6 Å². The third kappa shape index (κ3) is 4.44. The average Bonchev–Trinajstić information content (AvgIpc) is 2.90. The first-order chi connectivity index (χ1) is 10.4. The van der Waals surface area contributed by atoms with Gasteiger partial charge in [-0.1, -0.05) is 19.8 Å². The number of hydrogen-bond acceptors (Lipinski definition) is 5. The summed E-state index contributed by atoms with van der Waals surface area (Å²) in [5.41, 5.74) is 0.0628. The molecule has 0 bridgehead atoms. The van der Waals surface area contributed by atoms with Crippen LogP contribution in [0.1, 0.15) is 46.0 Å². The van der Waals surface area contributed by atoms with Gasteiger partial charge < -0.3 is 10.1 Å². The van der Waals surface area contributed by atoms with Crippen LogP contribution in [0.3, 0.4) is 0 Å². The quantitative estimate of drug-likeness (QED) is 0.413. The number of hydrogen-bond donors (Lipinski definition) is 1. The Morgan fingerprint density at radius 1 is 1.55 bits per heavy atom. The molecule has 1 unspecified atom stereocenters. The van der Waals surface area contributed by atoms with E-state index >= 15 is 0 Å². The summed E-state index contributed by atoms with van der Waals surface area (Å²) >= 11 is 8.06. The van der Waals surface area contributed by atoms with Gasteiger partial charge in [-0.05, 0) is 59.4 Å². The molecule has 1 aromatic heterocycles. The lowest BCUT2D eigenvalue weighted by atomic mass is 9.79. The predicted molar refractivity (Wildman–Crippen MR) is 95.0 cm³/mol. The highest BCUT2D eigenvalue weighted by Crippen LogP contribution is 2.43. The van der Waals surface area contributed by atoms with Gasteiger partial charge in [0.2, 0.25) is 5.28 Å². The minimum absolute atomic E-state index is 0.0199. The van der Waals surface area contributed by atoms with Crippen LogP contribution >= 0.6 is 34.2 Å². The average molecular weight is 438 g/mol. The summed E-state index contributed by atoms with van der Waals surface area (Å²) in [5, 5.41) is 3.62. The standard InChI is InChI=1S/C15H21ClIN3O2/c1-3-22-12(21)8-11(15(2)6-4-5-7-15)19-13-10(17)9-18-14(16)20-13/h9,11H,3-8H2,1-2H3,(H,18,19,20). The zero-order valence-corrected chi connectivity index (χ0v) is 15.8. The molecule has 0 saturated heterocycles. The molecule has 0 spiro atoms. The van der Waals surface area contributed by atoms with E-state index in [1.807, 2.05) is 6.92 Å². The van der Waals surface area contributed by atoms with Gasteiger partial charge in [-0.25, -0.2) is 4.98 Å². The van der Waals surface area contributed by atoms with Crippen LogP contribution in [0.5, 0.6) is 0 Å². The fraction of sp³-hybridized carbons (Fsp3) is 0.667. The van der Waals surface area contributed by atoms with Crippen molar-refractivity contribution in [2.45, 2.75) is 52.0 Å². The van der Waals surface area contributed by atoms with Gasteiger partial charge in [0, 0.05) is 12.2 Å². The minimum atomic E-state index is -0.178. The molecule has 0 radical (unpaired) electrons. The fourth-order valence-electron chi connectivity index (χ4n) is 3.00. The molecule has 0 aromatic carbocycles. The summed E-state index contributed by atoms with van der Waals surface area (Å²) in [6.07, 6.45) is 6.59. The molecule has 5 nitrogen and oxygen atoms in total. The van der Waals surface area contributed by atoms with E-state index in [4.69, 9.17) is 16.3 Å². The van der Waals surface area contributed by atoms with Gasteiger partial charge in [0.1, 0.15) is 5.82 Å². The van der Waals surface area contributed by atoms with Crippen molar-refractivity contribution in [1.82, 2.24) is 9.97 Å². The second-order valence-electron chi connectivity index (χ2n) is 5.90. The van der Waals surface area contributed by atoms with Crippen molar-refractivity contribution < 1.29 is 9.53 Å². The van der Waals surface area contributed by atoms with Crippen molar-refractivity contribution in [2.75, 3.05) is 11.9 Å². The summed E-state index contributed by atoms with van der Waals surface area (Å²) in [6.45, 7) is 4.45. The first kappa shape index (κ1) is 17.7. The van der Waals surface area contributed by atoms with E-state index in [1.165, 1.54) is 12.8 Å². The van der Waals surface area contributed by atoms with Crippen LogP contribution in [0, 0.1) is 8.99 Å². The Morgan fingerprint density at radius 3 is 2.86 bits per heavy atom. The molecule has 1 heterocycles. The largest absolute Gasteiger partial charge is 0.466 e. The van der Waals surface area contributed by atoms with E-state index in [0.717, 1.165) is 16.4 Å². The molecule has 0 amide bonds. The number of ether oxygens (including phenoxy) is 1. The molecule has 1 aliphatic carbocycles. The van der Waals surface area contributed by atoms with Crippen molar-refractivity contribution in [3.8, 4) is 0 Å². The van der Waals surface area contributed by atoms with E-state index in [-0.39, 0.29) is 22.7 Å². The summed E-state index contributed by atoms with van der Waals surface area (Å²) in [6, 6.07) is -0.0199. The van der Waals surface area contributed by atoms with Crippen LogP contribution in [0.25, 0.3) is 0 Å². The van der Waals surface area contributed by atoms with Gasteiger partial charge in [-0.15, -0.1) is 0 Å². The molecule has 0 aliphatic heterocycles. The lowest BCUT2D eigenvalue weighted by Gasteiger charge is -2.34. The molecule has 1 atom stereocenters. The highest BCUT2D eigenvalue weighted by atomic mass is 127. The Hall–Kier alpha value is -0.630. The summed E-state index contributed by atoms with van der Waals surface area (Å²) in [5.74, 6) is 0.506. The molecular formula is C15H21ClIN3O2. The number of esters is 1. The van der Waals surface area contributed by atoms with Gasteiger partial charge in [0.25, 0.3) is 0 Å². The third-order valence-electron chi connectivity index (χ3n) is 4.29. The molecule has 1 N–H and O–H groups in total. The maximum Gasteiger partial charge on any atom is 0.307 e. The Morgan fingerprint density at radius 2 is 2.23 bits per heavy atom. The van der Waals surface area contributed by atoms with E-state index in [0.29, 0.717) is 18.8 Å². The number of aromatic nitrogens is 2. The number of carbonyl (C=O) groups is 1. The predicted octanol–water partition coefficient (Wildman–Crippen LogP) is 4.05. The first-order valence-electron chi connectivity index (χ1n) is 7.55. The number of rotatable bonds is 6. The van der Waals surface area contributed by atoms with Crippen molar-refractivity contribution in [1.29, 1.82) is 0 Å². The Bertz CT molecular complexity index is 536. The van der Waals surface area contributed by atoms with Crippen LogP contribution in [0.4, 0.5) is 5.82 Å². The zero-order valence-electron chi connectivity index (χ0n) is 12.9. The SMILES string of the molecule is CCOC(=O)CC(Nc1nc(Cl)ncc1I)C1(C)CCCC1. The number of nitrogens with zero attached hydrogens (tertiary/aromatic N) is 2. The van der Waals surface area contributed by atoms with Gasteiger partial charge in [0.05, 0.1) is 16.6 Å². The van der Waals surface area contributed by atoms with E-state index in [9.17, 15) is 4.79 Å². The fourth-order valence-corrected chi connectivity index (χ4v) is 3.55. The maximum atomic E-state index is 12.0. The summed E-state index contributed by atoms with van der Waals surface area (Å²) in [4.78, 5) is 20.2. The molecule has 1 fully saturated rings. The van der Waals surface area contributed by atoms with E-state index in [1.54, 1.807) is 6.20 Å². The molecule has 2 rings (SSSR count). The summed E-state index contributed by atoms with van der Waals surface area (Å²) in [7, 11) is 0. The number of anilines is 1. The van der Waals surface area contributed by atoms with Crippen LogP contribution in [-0.2, 0) is 9.53 Å². The molecule has 1 aliphatic rings. The third-order valence-corrected chi connectivity index (χ3v) is 5.26. The Balaban J connectivity index is 2.20. The number of nitrogens with one attached hydrogen (secondary N) is 1. The van der Waals surface area contributed by atoms with Gasteiger partial charge in [0.15, 0.2) is 0 Å². The molecule has 1 aromatic rings. The minimum Gasteiger partial charge on any atom is -0.466 e. The topological polar surface area (TPSA) is 64.1 Å². The second kappa shape index (κ2) is 7.77. The number of carbonyl (C=O) groups excluding carboxylic acids is 1. The first-order valence-corrected chi connectivity index (χ1v) is 9.00. The van der Waals surface area contributed by atoms with Gasteiger partial charge in [-0.2, -0.15) is 4.98 Å². The normalized spacial score (nSPS) is 18.0. The van der Waals surface area contributed by atoms with Crippen LogP contribution < -0.4 is 5.32 Å². The molecule has 1 saturated carbocycles. The molecule has 22 heavy (non-hydrogen) atoms. The smallest absolute Gasteiger partial charge is 0.307 e. The zero-order chi connectivity index (χ0) is 16.2. The van der Waals surface area contributed by atoms with E-state index in [2.05, 4.69) is 44.8 Å². The lowest BCUT2D eigenvalue weighted by Crippen LogP contribution is -2.39. The second-order valence-corrected chi connectivity index (χ2v) is 7.40. The lowest BCUT2D eigenvalue weighted by molar-refractivity contribution is -0.144. The maximum absolute atomic E-state index is 12.0. The monoisotopic (exact) mass is 437 g/mol. The number of halogens is 2. The van der Waals surface area contributed by atoms with Crippen LogP contribution in [0.2, 0.25) is 5.28 Å². The Labute approximate surface area is 149 Å².